The zero-order valence-electron chi connectivity index (χ0n) is 14.7. The lowest BCUT2D eigenvalue weighted by atomic mass is 10.3. The maximum atomic E-state index is 4.40. The first-order valence-corrected chi connectivity index (χ1v) is 8.23. The van der Waals surface area contributed by atoms with Gasteiger partial charge in [0.25, 0.3) is 0 Å². The Labute approximate surface area is 165 Å². The van der Waals surface area contributed by atoms with Gasteiger partial charge in [-0.2, -0.15) is 5.10 Å². The van der Waals surface area contributed by atoms with Crippen molar-refractivity contribution in [1.29, 1.82) is 0 Å². The van der Waals surface area contributed by atoms with E-state index in [9.17, 15) is 0 Å². The summed E-state index contributed by atoms with van der Waals surface area (Å²) < 4.78 is 1.94. The predicted molar refractivity (Wildman–Crippen MR) is 110 cm³/mol. The average molecular weight is 456 g/mol. The number of rotatable bonds is 4. The fourth-order valence-corrected chi connectivity index (χ4v) is 2.78. The van der Waals surface area contributed by atoms with Crippen molar-refractivity contribution >= 4 is 35.9 Å². The summed E-state index contributed by atoms with van der Waals surface area (Å²) in [5.41, 5.74) is 1.18. The van der Waals surface area contributed by atoms with E-state index in [-0.39, 0.29) is 24.0 Å². The maximum Gasteiger partial charge on any atom is 0.225 e. The number of hydrogen-bond acceptors (Lipinski definition) is 5. The number of nitrogens with one attached hydrogen (secondary N) is 1. The number of aryl methyl sites for hydroxylation is 1. The molecule has 0 amide bonds. The SMILES string of the molecule is CN=C(NCCn1cc(C)cn1)N1CCN(c2ncccn2)CC1.I. The first-order chi connectivity index (χ1) is 11.8. The Morgan fingerprint density at radius 2 is 1.92 bits per heavy atom. The second-order valence-corrected chi connectivity index (χ2v) is 5.78. The second-order valence-electron chi connectivity index (χ2n) is 5.78. The Hall–Kier alpha value is -1.91. The molecule has 136 valence electrons. The maximum absolute atomic E-state index is 4.40. The van der Waals surface area contributed by atoms with Gasteiger partial charge in [-0.1, -0.05) is 0 Å². The highest BCUT2D eigenvalue weighted by Crippen LogP contribution is 2.09. The van der Waals surface area contributed by atoms with E-state index in [0.29, 0.717) is 0 Å². The first-order valence-electron chi connectivity index (χ1n) is 8.23. The third kappa shape index (κ3) is 5.28. The molecule has 1 aliphatic heterocycles. The number of anilines is 1. The summed E-state index contributed by atoms with van der Waals surface area (Å²) in [6.45, 7) is 7.26. The summed E-state index contributed by atoms with van der Waals surface area (Å²) in [5, 5.41) is 7.71. The molecule has 1 saturated heterocycles. The van der Waals surface area contributed by atoms with Crippen LogP contribution in [0.5, 0.6) is 0 Å². The predicted octanol–water partition coefficient (Wildman–Crippen LogP) is 0.997. The number of hydrogen-bond donors (Lipinski definition) is 1. The molecule has 25 heavy (non-hydrogen) atoms. The van der Waals surface area contributed by atoms with Crippen LogP contribution in [0.2, 0.25) is 0 Å². The number of halogens is 1. The Kier molecular flexibility index (Phi) is 7.41. The molecular formula is C16H25IN8. The quantitative estimate of drug-likeness (QED) is 0.421. The summed E-state index contributed by atoms with van der Waals surface area (Å²) in [7, 11) is 1.83. The van der Waals surface area contributed by atoms with Gasteiger partial charge in [0, 0.05) is 58.4 Å². The summed E-state index contributed by atoms with van der Waals surface area (Å²) in [6, 6.07) is 1.84. The minimum Gasteiger partial charge on any atom is -0.354 e. The fourth-order valence-electron chi connectivity index (χ4n) is 2.78. The third-order valence-corrected chi connectivity index (χ3v) is 4.01. The molecule has 0 unspecified atom stereocenters. The van der Waals surface area contributed by atoms with Gasteiger partial charge < -0.3 is 15.1 Å². The fraction of sp³-hybridized carbons (Fsp3) is 0.500. The van der Waals surface area contributed by atoms with Gasteiger partial charge in [0.2, 0.25) is 5.95 Å². The molecule has 1 fully saturated rings. The van der Waals surface area contributed by atoms with Gasteiger partial charge >= 0.3 is 0 Å². The van der Waals surface area contributed by atoms with Crippen LogP contribution in [0.4, 0.5) is 5.95 Å². The molecule has 0 saturated carbocycles. The standard InChI is InChI=1S/C16H24N8.HI/c1-14-12-21-24(13-14)7-6-20-15(17-2)22-8-10-23(11-9-22)16-18-4-3-5-19-16;/h3-5,12-13H,6-11H2,1-2H3,(H,17,20);1H. The highest BCUT2D eigenvalue weighted by Gasteiger charge is 2.20. The molecule has 9 heteroatoms. The molecule has 0 aliphatic carbocycles. The van der Waals surface area contributed by atoms with Crippen LogP contribution >= 0.6 is 24.0 Å². The molecule has 0 radical (unpaired) electrons. The van der Waals surface area contributed by atoms with Crippen molar-refractivity contribution in [3.8, 4) is 0 Å². The van der Waals surface area contributed by atoms with Gasteiger partial charge in [-0.3, -0.25) is 9.67 Å². The van der Waals surface area contributed by atoms with Gasteiger partial charge in [-0.15, -0.1) is 24.0 Å². The Morgan fingerprint density at radius 3 is 2.52 bits per heavy atom. The Bertz CT molecular complexity index is 664. The van der Waals surface area contributed by atoms with E-state index >= 15 is 0 Å². The minimum absolute atomic E-state index is 0. The van der Waals surface area contributed by atoms with Crippen molar-refractivity contribution in [3.63, 3.8) is 0 Å². The first kappa shape index (κ1) is 19.4. The van der Waals surface area contributed by atoms with Crippen molar-refractivity contribution < 1.29 is 0 Å². The molecular weight excluding hydrogens is 431 g/mol. The Morgan fingerprint density at radius 1 is 1.20 bits per heavy atom. The minimum atomic E-state index is 0. The lowest BCUT2D eigenvalue weighted by molar-refractivity contribution is 0.369. The van der Waals surface area contributed by atoms with Crippen LogP contribution in [-0.2, 0) is 6.54 Å². The zero-order valence-corrected chi connectivity index (χ0v) is 17.0. The van der Waals surface area contributed by atoms with Crippen molar-refractivity contribution in [2.45, 2.75) is 13.5 Å². The van der Waals surface area contributed by atoms with E-state index in [1.54, 1.807) is 12.4 Å². The highest BCUT2D eigenvalue weighted by molar-refractivity contribution is 14.0. The third-order valence-electron chi connectivity index (χ3n) is 4.01. The zero-order chi connectivity index (χ0) is 16.8. The molecule has 3 rings (SSSR count). The van der Waals surface area contributed by atoms with Gasteiger partial charge in [0.1, 0.15) is 0 Å². The number of nitrogens with zero attached hydrogens (tertiary/aromatic N) is 7. The van der Waals surface area contributed by atoms with Crippen LogP contribution < -0.4 is 10.2 Å². The molecule has 0 spiro atoms. The largest absolute Gasteiger partial charge is 0.354 e. The second kappa shape index (κ2) is 9.54. The van der Waals surface area contributed by atoms with Crippen LogP contribution in [0.25, 0.3) is 0 Å². The number of guanidine groups is 1. The van der Waals surface area contributed by atoms with Gasteiger partial charge in [0.05, 0.1) is 12.7 Å². The number of piperazine rings is 1. The lowest BCUT2D eigenvalue weighted by Crippen LogP contribution is -2.53. The molecule has 0 bridgehead atoms. The van der Waals surface area contributed by atoms with E-state index < -0.39 is 0 Å². The van der Waals surface area contributed by atoms with E-state index in [1.165, 1.54) is 5.56 Å². The number of aliphatic imine (C=N–C) groups is 1. The van der Waals surface area contributed by atoms with Gasteiger partial charge in [-0.25, -0.2) is 9.97 Å². The molecule has 0 atom stereocenters. The molecule has 1 N–H and O–H groups in total. The molecule has 0 aromatic carbocycles. The smallest absolute Gasteiger partial charge is 0.225 e. The van der Waals surface area contributed by atoms with Crippen LogP contribution in [-0.4, -0.2) is 70.4 Å². The molecule has 1 aliphatic rings. The van der Waals surface area contributed by atoms with E-state index in [0.717, 1.165) is 51.2 Å². The number of aromatic nitrogens is 4. The van der Waals surface area contributed by atoms with Gasteiger partial charge in [0.15, 0.2) is 5.96 Å². The average Bonchev–Trinajstić information content (AvgIpc) is 3.05. The summed E-state index contributed by atoms with van der Waals surface area (Å²) in [5.74, 6) is 1.74. The van der Waals surface area contributed by atoms with Crippen LogP contribution in [0.1, 0.15) is 5.56 Å². The molecule has 3 heterocycles. The lowest BCUT2D eigenvalue weighted by Gasteiger charge is -2.36. The van der Waals surface area contributed by atoms with Gasteiger partial charge in [-0.05, 0) is 18.6 Å². The van der Waals surface area contributed by atoms with Crippen LogP contribution in [0.15, 0.2) is 35.8 Å². The van der Waals surface area contributed by atoms with Crippen LogP contribution in [0.3, 0.4) is 0 Å². The summed E-state index contributed by atoms with van der Waals surface area (Å²) >= 11 is 0. The van der Waals surface area contributed by atoms with Crippen molar-refractivity contribution in [2.75, 3.05) is 44.7 Å². The topological polar surface area (TPSA) is 74.5 Å². The van der Waals surface area contributed by atoms with Crippen molar-refractivity contribution in [1.82, 2.24) is 30.0 Å². The van der Waals surface area contributed by atoms with Crippen molar-refractivity contribution in [3.05, 3.63) is 36.4 Å². The summed E-state index contributed by atoms with van der Waals surface area (Å²) in [6.07, 6.45) is 7.49. The highest BCUT2D eigenvalue weighted by atomic mass is 127. The monoisotopic (exact) mass is 456 g/mol. The molecule has 2 aromatic heterocycles. The summed E-state index contributed by atoms with van der Waals surface area (Å²) in [4.78, 5) is 17.5. The van der Waals surface area contributed by atoms with E-state index in [1.807, 2.05) is 37.1 Å². The van der Waals surface area contributed by atoms with Crippen molar-refractivity contribution in [2.24, 2.45) is 4.99 Å². The normalized spacial score (nSPS) is 15.0. The van der Waals surface area contributed by atoms with Crippen LogP contribution in [0, 0.1) is 6.92 Å². The van der Waals surface area contributed by atoms with E-state index in [2.05, 4.69) is 35.2 Å². The molecule has 2 aromatic rings. The molecule has 8 nitrogen and oxygen atoms in total. The Balaban J connectivity index is 0.00000225. The van der Waals surface area contributed by atoms with E-state index in [4.69, 9.17) is 0 Å².